The van der Waals surface area contributed by atoms with Crippen molar-refractivity contribution in [2.45, 2.75) is 14.9 Å². The summed E-state index contributed by atoms with van der Waals surface area (Å²) in [5.74, 6) is 0. The van der Waals surface area contributed by atoms with E-state index < -0.39 is 23.6 Å². The summed E-state index contributed by atoms with van der Waals surface area (Å²) in [6.07, 6.45) is 2.16. The van der Waals surface area contributed by atoms with Gasteiger partial charge < -0.3 is 9.14 Å². The van der Waals surface area contributed by atoms with Crippen molar-refractivity contribution in [1.82, 2.24) is 3.97 Å². The first-order valence-corrected chi connectivity index (χ1v) is 21.3. The largest absolute Gasteiger partial charge is 0.446 e. The smallest absolute Gasteiger partial charge is 0.267 e. The summed E-state index contributed by atoms with van der Waals surface area (Å²) in [5, 5.41) is 1.18. The number of anilines is 2. The average molecular weight is 830 g/mol. The molecule has 0 unspecified atom stereocenters. The molecule has 2 N–H and O–H groups in total. The van der Waals surface area contributed by atoms with Gasteiger partial charge in [0.25, 0.3) is 20.0 Å². The molecule has 0 bridgehead atoms. The van der Waals surface area contributed by atoms with Gasteiger partial charge in [-0.15, -0.1) is 0 Å². The highest BCUT2D eigenvalue weighted by molar-refractivity contribution is 14.3. The Morgan fingerprint density at radius 1 is 0.821 bits per heavy atom. The van der Waals surface area contributed by atoms with Gasteiger partial charge in [-0.1, -0.05) is 48.0 Å². The highest BCUT2D eigenvalue weighted by Crippen LogP contribution is 2.52. The van der Waals surface area contributed by atoms with Gasteiger partial charge in [0.05, 0.1) is 16.3 Å². The van der Waals surface area contributed by atoms with Crippen LogP contribution in [0, 0.1) is 0 Å². The number of nitrogens with zero attached hydrogens (tertiary/aromatic N) is 1. The molecular formula is C24H18ClI2N3O6S3. The number of furan rings is 1. The van der Waals surface area contributed by atoms with Crippen molar-refractivity contribution < 1.29 is 25.5 Å². The Labute approximate surface area is 253 Å². The number of nitrogens with one attached hydrogen (secondary N) is 2. The maximum Gasteiger partial charge on any atom is 0.267 e. The minimum atomic E-state index is -4.27. The zero-order valence-electron chi connectivity index (χ0n) is 19.5. The van der Waals surface area contributed by atoms with Gasteiger partial charge in [0.15, 0.2) is 0 Å². The third kappa shape index (κ3) is 5.85. The maximum absolute atomic E-state index is 14.2. The lowest BCUT2D eigenvalue weighted by atomic mass is 10.3. The summed E-state index contributed by atoms with van der Waals surface area (Å²) < 4.78 is 74.6. The van der Waals surface area contributed by atoms with Gasteiger partial charge in [0, 0.05) is 71.3 Å². The van der Waals surface area contributed by atoms with E-state index >= 15 is 0 Å². The van der Waals surface area contributed by atoms with Gasteiger partial charge in [0.2, 0.25) is 5.09 Å². The van der Waals surface area contributed by atoms with Crippen LogP contribution in [-0.4, -0.2) is 25.0 Å². The quantitative estimate of drug-likeness (QED) is 0.131. The van der Waals surface area contributed by atoms with E-state index in [0.717, 1.165) is 21.8 Å². The molecule has 3 aromatic carbocycles. The van der Waals surface area contributed by atoms with Gasteiger partial charge in [-0.25, -0.2) is 25.0 Å². The lowest BCUT2D eigenvalue weighted by Gasteiger charge is -2.30. The first-order valence-electron chi connectivity index (χ1n) is 10.9. The molecule has 9 nitrogen and oxygen atoms in total. The number of aromatic nitrogens is 1. The lowest BCUT2D eigenvalue weighted by molar-refractivity contribution is 0.503. The molecule has 39 heavy (non-hydrogen) atoms. The monoisotopic (exact) mass is 829 g/mol. The molecule has 0 saturated carbocycles. The molecule has 5 aromatic rings. The summed E-state index contributed by atoms with van der Waals surface area (Å²) in [5.41, 5.74) is 0.716. The van der Waals surface area contributed by atoms with Crippen LogP contribution in [0.2, 0.25) is 5.02 Å². The number of benzene rings is 3. The number of fused-ring (bicyclic) bond motifs is 1. The van der Waals surface area contributed by atoms with Crippen LogP contribution < -0.4 is 9.44 Å². The van der Waals surface area contributed by atoms with Crippen LogP contribution in [0.1, 0.15) is 0 Å². The topological polar surface area (TPSA) is 127 Å². The van der Waals surface area contributed by atoms with Crippen LogP contribution in [0.5, 0.6) is 0 Å². The van der Waals surface area contributed by atoms with Crippen molar-refractivity contribution in [3.05, 3.63) is 102 Å². The summed E-state index contributed by atoms with van der Waals surface area (Å²) in [6, 6.07) is 22.0. The number of rotatable bonds is 8. The van der Waals surface area contributed by atoms with Crippen LogP contribution in [0.3, 0.4) is 0 Å². The molecule has 15 heteroatoms. The molecule has 0 fully saturated rings. The van der Waals surface area contributed by atoms with Crippen molar-refractivity contribution in [3.63, 3.8) is 0 Å². The molecule has 204 valence electrons. The van der Waals surface area contributed by atoms with Crippen molar-refractivity contribution in [2.24, 2.45) is 0 Å². The van der Waals surface area contributed by atoms with Crippen LogP contribution in [0.25, 0.3) is 11.0 Å². The van der Waals surface area contributed by atoms with Crippen molar-refractivity contribution in [2.75, 3.05) is 9.44 Å². The molecule has 0 saturated heterocycles. The Kier molecular flexibility index (Phi) is 7.33. The zero-order valence-corrected chi connectivity index (χ0v) is 27.0. The Morgan fingerprint density at radius 3 is 2.23 bits per heavy atom. The average Bonchev–Trinajstić information content (AvgIpc) is 3.55. The molecule has 2 aromatic heterocycles. The number of hydrogen-bond acceptors (Lipinski definition) is 6. The standard InChI is InChI=1S/C24H18ClI2N3O6S3/c25-18-10-11-21(22(15-18)29-39(26,27,35)24-14-17-6-4-5-9-23(17)36-24)28-37(31,32)20-12-13-30(16-20)38(33,34)19-7-2-1-3-8-19/h1-16,28H,(H,29,35). The summed E-state index contributed by atoms with van der Waals surface area (Å²) in [4.78, 5) is -0.279. The van der Waals surface area contributed by atoms with E-state index in [0.29, 0.717) is 5.58 Å². The first-order chi connectivity index (χ1) is 18.2. The van der Waals surface area contributed by atoms with E-state index in [2.05, 4.69) is 9.44 Å². The van der Waals surface area contributed by atoms with Crippen molar-refractivity contribution in [1.29, 1.82) is 0 Å². The van der Waals surface area contributed by atoms with E-state index in [4.69, 9.17) is 16.0 Å². The molecule has 0 aliphatic rings. The second-order valence-electron chi connectivity index (χ2n) is 8.26. The minimum absolute atomic E-state index is 0.0114. The number of para-hydroxylation sites is 1. The highest BCUT2D eigenvalue weighted by atomic mass is 127. The number of hydrogen-bond donors (Lipinski definition) is 2. The van der Waals surface area contributed by atoms with Gasteiger partial charge in [-0.3, -0.25) is 4.72 Å². The number of sulfonamides is 1. The van der Waals surface area contributed by atoms with E-state index in [1.165, 1.54) is 36.4 Å². The van der Waals surface area contributed by atoms with Gasteiger partial charge in [-0.05, 0) is 42.5 Å². The lowest BCUT2D eigenvalue weighted by Crippen LogP contribution is -2.26. The second kappa shape index (κ2) is 10.1. The molecule has 0 spiro atoms. The van der Waals surface area contributed by atoms with Gasteiger partial charge in [0.1, 0.15) is 14.1 Å². The third-order valence-corrected chi connectivity index (χ3v) is 14.1. The maximum atomic E-state index is 14.2. The molecule has 2 heterocycles. The van der Waals surface area contributed by atoms with E-state index in [1.807, 2.05) is 12.1 Å². The van der Waals surface area contributed by atoms with E-state index in [-0.39, 0.29) is 31.3 Å². The second-order valence-corrected chi connectivity index (χ2v) is 29.5. The molecule has 0 radical (unpaired) electrons. The normalized spacial score (nSPS) is 13.6. The fourth-order valence-electron chi connectivity index (χ4n) is 3.63. The summed E-state index contributed by atoms with van der Waals surface area (Å²) in [7, 11) is -8.26. The Balaban J connectivity index is 1.48. The molecule has 0 amide bonds. The van der Waals surface area contributed by atoms with E-state index in [9.17, 15) is 21.0 Å². The Bertz CT molecular complexity index is 1970. The predicted molar refractivity (Wildman–Crippen MR) is 170 cm³/mol. The van der Waals surface area contributed by atoms with Gasteiger partial charge >= 0.3 is 0 Å². The van der Waals surface area contributed by atoms with Crippen LogP contribution >= 0.6 is 54.0 Å². The van der Waals surface area contributed by atoms with Crippen LogP contribution in [0.15, 0.2) is 117 Å². The predicted octanol–water partition coefficient (Wildman–Crippen LogP) is 6.83. The fourth-order valence-corrected chi connectivity index (χ4v) is 10.1. The minimum Gasteiger partial charge on any atom is -0.446 e. The summed E-state index contributed by atoms with van der Waals surface area (Å²) in [6.45, 7) is 0. The first kappa shape index (κ1) is 28.4. The Hall–Kier alpha value is -2.12. The Morgan fingerprint density at radius 2 is 1.51 bits per heavy atom. The van der Waals surface area contributed by atoms with Crippen LogP contribution in [0.4, 0.5) is 11.4 Å². The molecule has 0 aliphatic heterocycles. The molecule has 0 atom stereocenters. The fraction of sp³-hybridized carbons (Fsp3) is 0. The zero-order chi connectivity index (χ0) is 28.1. The van der Waals surface area contributed by atoms with E-state index in [1.54, 1.807) is 78.8 Å². The molecular weight excluding hydrogens is 812 g/mol. The highest BCUT2D eigenvalue weighted by Gasteiger charge is 2.37. The van der Waals surface area contributed by atoms with Gasteiger partial charge in [-0.2, -0.15) is 0 Å². The summed E-state index contributed by atoms with van der Waals surface area (Å²) >= 11 is 9.70. The third-order valence-electron chi connectivity index (χ3n) is 5.51. The van der Waals surface area contributed by atoms with Crippen molar-refractivity contribution >= 4 is 100.0 Å². The SMILES string of the molecule is O=S(=O)(Nc1ccc(Cl)cc1NS(=O)(I)(I)c1cc2ccccc2o1)c1ccn(S(=O)(=O)c2ccccc2)c1. The van der Waals surface area contributed by atoms with Crippen molar-refractivity contribution in [3.8, 4) is 0 Å². The van der Waals surface area contributed by atoms with Crippen LogP contribution in [-0.2, 0) is 23.6 Å². The molecule has 5 rings (SSSR count). The number of halogens is 3. The molecule has 0 aliphatic carbocycles.